The molecule has 1 saturated heterocycles. The van der Waals surface area contributed by atoms with Gasteiger partial charge in [-0.05, 0) is 16.5 Å². The van der Waals surface area contributed by atoms with Crippen LogP contribution >= 0.6 is 11.8 Å². The zero-order chi connectivity index (χ0) is 25.8. The molecule has 2 unspecified atom stereocenters. The minimum absolute atomic E-state index is 0.243. The van der Waals surface area contributed by atoms with Crippen molar-refractivity contribution in [3.05, 3.63) is 101 Å². The van der Waals surface area contributed by atoms with Crippen LogP contribution in [0.1, 0.15) is 17.2 Å². The van der Waals surface area contributed by atoms with Crippen molar-refractivity contribution in [2.24, 2.45) is 0 Å². The van der Waals surface area contributed by atoms with Crippen molar-refractivity contribution in [3.63, 3.8) is 0 Å². The molecule has 2 amide bonds. The second-order valence-corrected chi connectivity index (χ2v) is 9.28. The van der Waals surface area contributed by atoms with E-state index in [0.29, 0.717) is 12.0 Å². The van der Waals surface area contributed by atoms with Crippen LogP contribution in [0.3, 0.4) is 0 Å². The number of ether oxygens (including phenoxy) is 2. The Morgan fingerprint density at radius 1 is 1.08 bits per heavy atom. The van der Waals surface area contributed by atoms with Crippen molar-refractivity contribution in [3.8, 4) is 0 Å². The minimum Gasteiger partial charge on any atom is -0.451 e. The Labute approximate surface area is 216 Å². The predicted octanol–water partition coefficient (Wildman–Crippen LogP) is 2.48. The van der Waals surface area contributed by atoms with Crippen molar-refractivity contribution in [1.82, 2.24) is 19.8 Å². The fourth-order valence-corrected chi connectivity index (χ4v) is 5.48. The Morgan fingerprint density at radius 2 is 1.76 bits per heavy atom. The summed E-state index contributed by atoms with van der Waals surface area (Å²) in [6.07, 6.45) is 3.23. The van der Waals surface area contributed by atoms with Crippen LogP contribution in [0.25, 0.3) is 0 Å². The first-order valence-electron chi connectivity index (χ1n) is 11.4. The highest BCUT2D eigenvalue weighted by Gasteiger charge is 2.56. The Hall–Kier alpha value is -4.38. The van der Waals surface area contributed by atoms with Crippen LogP contribution in [-0.4, -0.2) is 62.9 Å². The van der Waals surface area contributed by atoms with Crippen molar-refractivity contribution in [1.29, 1.82) is 0 Å². The highest BCUT2D eigenvalue weighted by atomic mass is 32.2. The maximum atomic E-state index is 13.7. The molecular weight excluding hydrogens is 496 g/mol. The molecule has 11 heteroatoms. The van der Waals surface area contributed by atoms with Crippen LogP contribution in [0, 0.1) is 0 Å². The highest BCUT2D eigenvalue weighted by molar-refractivity contribution is 8.02. The number of carbonyl (C=O) groups is 4. The molecule has 2 aliphatic rings. The molecule has 0 aliphatic carbocycles. The minimum atomic E-state index is -1.13. The molecule has 10 nitrogen and oxygen atoms in total. The Bertz CT molecular complexity index is 1280. The normalized spacial score (nSPS) is 20.4. The van der Waals surface area contributed by atoms with Gasteiger partial charge in [0.25, 0.3) is 0 Å². The van der Waals surface area contributed by atoms with Crippen molar-refractivity contribution >= 4 is 36.1 Å². The van der Waals surface area contributed by atoms with Crippen LogP contribution in [0.15, 0.2) is 90.4 Å². The lowest BCUT2D eigenvalue weighted by atomic mass is 9.97. The number of fused-ring (bicyclic) bond motifs is 1. The Kier molecular flexibility index (Phi) is 7.04. The summed E-state index contributed by atoms with van der Waals surface area (Å²) >= 11 is 1.26. The van der Waals surface area contributed by atoms with Gasteiger partial charge in [-0.3, -0.25) is 9.59 Å². The number of aromatic nitrogens is 2. The smallest absolute Gasteiger partial charge is 0.419 e. The SMILES string of the molecule is O=CNC1C(=O)N2C(C(=O)OC(c3ccccc3)c3ccccc3)C(COC(=O)n3ccnc3)=CS[C@@H]12. The number of thioether (sulfide) groups is 1. The van der Waals surface area contributed by atoms with Gasteiger partial charge in [0.15, 0.2) is 12.1 Å². The van der Waals surface area contributed by atoms with Crippen LogP contribution in [-0.2, 0) is 23.9 Å². The summed E-state index contributed by atoms with van der Waals surface area (Å²) in [4.78, 5) is 55.2. The molecule has 188 valence electrons. The Morgan fingerprint density at radius 3 is 2.35 bits per heavy atom. The maximum absolute atomic E-state index is 13.7. The number of carbonyl (C=O) groups excluding carboxylic acids is 4. The number of benzene rings is 2. The van der Waals surface area contributed by atoms with Gasteiger partial charge in [-0.2, -0.15) is 0 Å². The number of imidazole rings is 1. The number of β-lactam (4-membered cyclic amide) rings is 1. The molecule has 0 bridgehead atoms. The first kappa shape index (κ1) is 24.3. The van der Waals surface area contributed by atoms with E-state index < -0.39 is 41.5 Å². The van der Waals surface area contributed by atoms with E-state index in [1.54, 1.807) is 5.41 Å². The summed E-state index contributed by atoms with van der Waals surface area (Å²) in [5.41, 5.74) is 1.91. The van der Waals surface area contributed by atoms with Crippen LogP contribution in [0.5, 0.6) is 0 Å². The van der Waals surface area contributed by atoms with Gasteiger partial charge in [0, 0.05) is 18.0 Å². The molecule has 0 saturated carbocycles. The predicted molar refractivity (Wildman–Crippen MR) is 133 cm³/mol. The van der Waals surface area contributed by atoms with E-state index in [-0.39, 0.29) is 6.61 Å². The van der Waals surface area contributed by atoms with Gasteiger partial charge in [-0.1, -0.05) is 60.7 Å². The number of hydrogen-bond donors (Lipinski definition) is 1. The van der Waals surface area contributed by atoms with Gasteiger partial charge in [0.2, 0.25) is 12.3 Å². The van der Waals surface area contributed by atoms with E-state index in [9.17, 15) is 19.2 Å². The maximum Gasteiger partial charge on any atom is 0.419 e. The van der Waals surface area contributed by atoms with E-state index in [2.05, 4.69) is 10.3 Å². The van der Waals surface area contributed by atoms with Crippen LogP contribution in [0.4, 0.5) is 4.79 Å². The number of rotatable bonds is 8. The zero-order valence-electron chi connectivity index (χ0n) is 19.4. The van der Waals surface area contributed by atoms with Crippen molar-refractivity contribution in [2.45, 2.75) is 23.6 Å². The second kappa shape index (κ2) is 10.7. The molecule has 2 aromatic carbocycles. The summed E-state index contributed by atoms with van der Waals surface area (Å²) in [5, 5.41) is 3.69. The number of hydrogen-bond acceptors (Lipinski definition) is 8. The van der Waals surface area contributed by atoms with Gasteiger partial charge in [0.05, 0.1) is 0 Å². The summed E-state index contributed by atoms with van der Waals surface area (Å²) < 4.78 is 12.6. The third kappa shape index (κ3) is 4.85. The molecule has 1 aromatic heterocycles. The quantitative estimate of drug-likeness (QED) is 0.274. The van der Waals surface area contributed by atoms with E-state index in [1.807, 2.05) is 60.7 Å². The van der Waals surface area contributed by atoms with Crippen molar-refractivity contribution in [2.75, 3.05) is 6.61 Å². The van der Waals surface area contributed by atoms with Crippen LogP contribution in [0.2, 0.25) is 0 Å². The molecule has 3 atom stereocenters. The first-order valence-corrected chi connectivity index (χ1v) is 12.3. The highest BCUT2D eigenvalue weighted by Crippen LogP contribution is 2.41. The standard InChI is InChI=1S/C26H22N4O6S/c31-16-28-20-23(32)30-21(19(14-37-24(20)30)13-35-26(34)29-12-11-27-15-29)25(33)36-22(17-7-3-1-4-8-17)18-9-5-2-6-10-18/h1-12,14-16,20-22,24H,13H2,(H,28,31)/t20?,21?,24-/m0/s1. The summed E-state index contributed by atoms with van der Waals surface area (Å²) in [6, 6.07) is 16.7. The molecule has 3 heterocycles. The third-order valence-electron chi connectivity index (χ3n) is 6.06. The largest absolute Gasteiger partial charge is 0.451 e. The fraction of sp³-hybridized carbons (Fsp3) is 0.192. The van der Waals surface area contributed by atoms with Crippen molar-refractivity contribution < 1.29 is 28.7 Å². The lowest BCUT2D eigenvalue weighted by Gasteiger charge is -2.51. The number of esters is 1. The monoisotopic (exact) mass is 518 g/mol. The Balaban J connectivity index is 1.42. The van der Waals surface area contributed by atoms with Gasteiger partial charge in [-0.25, -0.2) is 19.1 Å². The van der Waals surface area contributed by atoms with E-state index in [4.69, 9.17) is 9.47 Å². The lowest BCUT2D eigenvalue weighted by Crippen LogP contribution is -2.73. The van der Waals surface area contributed by atoms with Crippen LogP contribution < -0.4 is 5.32 Å². The summed E-state index contributed by atoms with van der Waals surface area (Å²) in [6.45, 7) is -0.243. The zero-order valence-corrected chi connectivity index (χ0v) is 20.2. The number of amides is 2. The van der Waals surface area contributed by atoms with Gasteiger partial charge >= 0.3 is 12.1 Å². The summed E-state index contributed by atoms with van der Waals surface area (Å²) in [7, 11) is 0. The molecule has 37 heavy (non-hydrogen) atoms. The molecule has 2 aliphatic heterocycles. The second-order valence-electron chi connectivity index (χ2n) is 8.29. The molecule has 0 spiro atoms. The topological polar surface area (TPSA) is 120 Å². The van der Waals surface area contributed by atoms with E-state index >= 15 is 0 Å². The number of nitrogens with one attached hydrogen (secondary N) is 1. The summed E-state index contributed by atoms with van der Waals surface area (Å²) in [5.74, 6) is -1.10. The van der Waals surface area contributed by atoms with Gasteiger partial charge in [0.1, 0.15) is 24.3 Å². The third-order valence-corrected chi connectivity index (χ3v) is 7.27. The van der Waals surface area contributed by atoms with Gasteiger partial charge in [-0.15, -0.1) is 11.8 Å². The molecular formula is C26H22N4O6S. The molecule has 0 radical (unpaired) electrons. The first-order chi connectivity index (χ1) is 18.1. The van der Waals surface area contributed by atoms with Gasteiger partial charge < -0.3 is 19.7 Å². The average Bonchev–Trinajstić information content (AvgIpc) is 3.49. The van der Waals surface area contributed by atoms with E-state index in [1.165, 1.54) is 35.4 Å². The average molecular weight is 519 g/mol. The molecule has 1 N–H and O–H groups in total. The lowest BCUT2D eigenvalue weighted by molar-refractivity contribution is -0.165. The molecule has 5 rings (SSSR count). The van der Waals surface area contributed by atoms with E-state index in [0.717, 1.165) is 15.7 Å². The molecule has 1 fully saturated rings. The fourth-order valence-electron chi connectivity index (χ4n) is 4.26. The molecule has 3 aromatic rings. The number of nitrogens with zero attached hydrogens (tertiary/aromatic N) is 3.